The summed E-state index contributed by atoms with van der Waals surface area (Å²) in [5, 5.41) is 3.02. The molecule has 2 aromatic rings. The van der Waals surface area contributed by atoms with E-state index in [1.54, 1.807) is 19.2 Å². The zero-order valence-electron chi connectivity index (χ0n) is 16.2. The number of benzene rings is 2. The monoisotopic (exact) mass is 385 g/mol. The lowest BCUT2D eigenvalue weighted by atomic mass is 9.90. The summed E-state index contributed by atoms with van der Waals surface area (Å²) >= 11 is 0. The Bertz CT molecular complexity index is 756. The largest absolute Gasteiger partial charge is 0.497 e. The predicted octanol–water partition coefficient (Wildman–Crippen LogP) is 3.82. The van der Waals surface area contributed by atoms with E-state index in [0.29, 0.717) is 13.1 Å². The smallest absolute Gasteiger partial charge is 0.318 e. The van der Waals surface area contributed by atoms with Crippen LogP contribution in [0.2, 0.25) is 0 Å². The number of hydrogen-bond acceptors (Lipinski definition) is 3. The topological polar surface area (TPSA) is 67.6 Å². The van der Waals surface area contributed by atoms with Crippen molar-refractivity contribution in [3.63, 3.8) is 0 Å². The quantitative estimate of drug-likeness (QED) is 0.794. The van der Waals surface area contributed by atoms with Gasteiger partial charge in [0.2, 0.25) is 0 Å². The molecule has 1 aliphatic carbocycles. The van der Waals surface area contributed by atoms with E-state index < -0.39 is 0 Å². The van der Waals surface area contributed by atoms with Gasteiger partial charge >= 0.3 is 6.03 Å². The first-order valence-electron chi connectivity index (χ1n) is 9.72. The van der Waals surface area contributed by atoms with Crippen LogP contribution >= 0.6 is 0 Å². The van der Waals surface area contributed by atoms with Gasteiger partial charge in [-0.1, -0.05) is 24.3 Å². The number of nitrogens with two attached hydrogens (primary N) is 1. The highest BCUT2D eigenvalue weighted by Crippen LogP contribution is 2.24. The van der Waals surface area contributed by atoms with Crippen molar-refractivity contribution in [1.29, 1.82) is 0 Å². The fraction of sp³-hybridized carbons (Fsp3) is 0.409. The molecular formula is C22H28FN3O2. The van der Waals surface area contributed by atoms with Gasteiger partial charge in [-0.25, -0.2) is 9.18 Å². The molecule has 28 heavy (non-hydrogen) atoms. The second kappa shape index (κ2) is 9.55. The Labute approximate surface area is 165 Å². The van der Waals surface area contributed by atoms with E-state index in [2.05, 4.69) is 5.32 Å². The van der Waals surface area contributed by atoms with Gasteiger partial charge < -0.3 is 20.7 Å². The Kier molecular flexibility index (Phi) is 6.87. The minimum atomic E-state index is -0.275. The van der Waals surface area contributed by atoms with Crippen LogP contribution in [0, 0.1) is 5.82 Å². The van der Waals surface area contributed by atoms with Gasteiger partial charge in [0, 0.05) is 25.2 Å². The number of amides is 2. The van der Waals surface area contributed by atoms with E-state index in [1.165, 1.54) is 12.1 Å². The van der Waals surface area contributed by atoms with Crippen molar-refractivity contribution in [2.45, 2.75) is 50.9 Å². The molecule has 0 spiro atoms. The van der Waals surface area contributed by atoms with Crippen LogP contribution in [0.3, 0.4) is 0 Å². The molecule has 150 valence electrons. The number of hydrogen-bond donors (Lipinski definition) is 2. The lowest BCUT2D eigenvalue weighted by molar-refractivity contribution is 0.147. The van der Waals surface area contributed by atoms with E-state index in [1.807, 2.05) is 29.2 Å². The van der Waals surface area contributed by atoms with E-state index >= 15 is 0 Å². The Hall–Kier alpha value is -2.60. The minimum absolute atomic E-state index is 0.111. The number of ether oxygens (including phenoxy) is 1. The van der Waals surface area contributed by atoms with Crippen LogP contribution in [0.25, 0.3) is 0 Å². The summed E-state index contributed by atoms with van der Waals surface area (Å²) in [6, 6.07) is 14.2. The lowest BCUT2D eigenvalue weighted by Gasteiger charge is -2.36. The van der Waals surface area contributed by atoms with Gasteiger partial charge in [-0.15, -0.1) is 0 Å². The van der Waals surface area contributed by atoms with Crippen molar-refractivity contribution in [2.75, 3.05) is 7.11 Å². The molecule has 1 fully saturated rings. The SMILES string of the molecule is COc1ccc(CNC(=O)N(Cc2ccc(F)cc2)C2CCC(N)CC2)cc1. The normalized spacial score (nSPS) is 19.1. The first kappa shape index (κ1) is 20.1. The number of urea groups is 1. The van der Waals surface area contributed by atoms with Gasteiger partial charge in [-0.05, 0) is 61.1 Å². The third kappa shape index (κ3) is 5.45. The maximum atomic E-state index is 13.2. The van der Waals surface area contributed by atoms with Crippen molar-refractivity contribution in [2.24, 2.45) is 5.73 Å². The van der Waals surface area contributed by atoms with Gasteiger partial charge in [-0.3, -0.25) is 0 Å². The molecule has 2 aromatic carbocycles. The Morgan fingerprint density at radius 3 is 2.29 bits per heavy atom. The molecule has 1 aliphatic rings. The van der Waals surface area contributed by atoms with Gasteiger partial charge in [0.15, 0.2) is 0 Å². The summed E-state index contributed by atoms with van der Waals surface area (Å²) in [6.45, 7) is 0.892. The van der Waals surface area contributed by atoms with Crippen molar-refractivity contribution >= 4 is 6.03 Å². The van der Waals surface area contributed by atoms with E-state index in [-0.39, 0.29) is 23.9 Å². The Morgan fingerprint density at radius 2 is 1.68 bits per heavy atom. The second-order valence-electron chi connectivity index (χ2n) is 7.33. The molecule has 0 aromatic heterocycles. The second-order valence-corrected chi connectivity index (χ2v) is 7.33. The zero-order chi connectivity index (χ0) is 19.9. The number of halogens is 1. The molecule has 0 heterocycles. The fourth-order valence-corrected chi connectivity index (χ4v) is 3.59. The van der Waals surface area contributed by atoms with Crippen molar-refractivity contribution in [1.82, 2.24) is 10.2 Å². The molecule has 3 rings (SSSR count). The van der Waals surface area contributed by atoms with Crippen LogP contribution in [0.4, 0.5) is 9.18 Å². The van der Waals surface area contributed by atoms with E-state index in [4.69, 9.17) is 10.5 Å². The predicted molar refractivity (Wildman–Crippen MR) is 107 cm³/mol. The number of methoxy groups -OCH3 is 1. The van der Waals surface area contributed by atoms with Gasteiger partial charge in [-0.2, -0.15) is 0 Å². The van der Waals surface area contributed by atoms with Crippen LogP contribution in [0.1, 0.15) is 36.8 Å². The van der Waals surface area contributed by atoms with E-state index in [0.717, 1.165) is 42.6 Å². The van der Waals surface area contributed by atoms with Crippen LogP contribution in [-0.4, -0.2) is 30.1 Å². The molecule has 0 bridgehead atoms. The first-order chi connectivity index (χ1) is 13.5. The summed E-state index contributed by atoms with van der Waals surface area (Å²) < 4.78 is 18.4. The molecular weight excluding hydrogens is 357 g/mol. The molecule has 1 saturated carbocycles. The molecule has 0 atom stereocenters. The zero-order valence-corrected chi connectivity index (χ0v) is 16.2. The molecule has 0 saturated heterocycles. The first-order valence-corrected chi connectivity index (χ1v) is 9.72. The summed E-state index contributed by atoms with van der Waals surface area (Å²) in [5.74, 6) is 0.509. The van der Waals surface area contributed by atoms with Crippen LogP contribution in [-0.2, 0) is 13.1 Å². The average Bonchev–Trinajstić information content (AvgIpc) is 2.73. The minimum Gasteiger partial charge on any atom is -0.497 e. The van der Waals surface area contributed by atoms with Crippen LogP contribution in [0.5, 0.6) is 5.75 Å². The number of rotatable bonds is 6. The summed E-state index contributed by atoms with van der Waals surface area (Å²) in [4.78, 5) is 14.8. The summed E-state index contributed by atoms with van der Waals surface area (Å²) in [5.41, 5.74) is 7.94. The average molecular weight is 385 g/mol. The third-order valence-corrected chi connectivity index (χ3v) is 5.31. The van der Waals surface area contributed by atoms with Crippen LogP contribution < -0.4 is 15.8 Å². The lowest BCUT2D eigenvalue weighted by Crippen LogP contribution is -2.48. The summed E-state index contributed by atoms with van der Waals surface area (Å²) in [7, 11) is 1.63. The standard InChI is InChI=1S/C22H28FN3O2/c1-28-21-12-4-16(5-13-21)14-25-22(27)26(20-10-8-19(24)9-11-20)15-17-2-6-18(23)7-3-17/h2-7,12-13,19-20H,8-11,14-15,24H2,1H3,(H,25,27). The molecule has 0 unspecified atom stereocenters. The number of carbonyl (C=O) groups is 1. The van der Waals surface area contributed by atoms with Crippen molar-refractivity contribution in [3.8, 4) is 5.75 Å². The summed E-state index contributed by atoms with van der Waals surface area (Å²) in [6.07, 6.45) is 3.60. The molecule has 3 N–H and O–H groups in total. The molecule has 6 heteroatoms. The Balaban J connectivity index is 1.67. The van der Waals surface area contributed by atoms with Gasteiger partial charge in [0.25, 0.3) is 0 Å². The fourth-order valence-electron chi connectivity index (χ4n) is 3.59. The van der Waals surface area contributed by atoms with Gasteiger partial charge in [0.05, 0.1) is 7.11 Å². The van der Waals surface area contributed by atoms with Crippen LogP contribution in [0.15, 0.2) is 48.5 Å². The number of carbonyl (C=O) groups excluding carboxylic acids is 1. The number of nitrogens with zero attached hydrogens (tertiary/aromatic N) is 1. The maximum absolute atomic E-state index is 13.2. The van der Waals surface area contributed by atoms with E-state index in [9.17, 15) is 9.18 Å². The highest BCUT2D eigenvalue weighted by atomic mass is 19.1. The third-order valence-electron chi connectivity index (χ3n) is 5.31. The van der Waals surface area contributed by atoms with Gasteiger partial charge in [0.1, 0.15) is 11.6 Å². The molecule has 0 radical (unpaired) electrons. The van der Waals surface area contributed by atoms with Crippen molar-refractivity contribution in [3.05, 3.63) is 65.5 Å². The molecule has 0 aliphatic heterocycles. The highest BCUT2D eigenvalue weighted by Gasteiger charge is 2.27. The number of nitrogens with one attached hydrogen (secondary N) is 1. The highest BCUT2D eigenvalue weighted by molar-refractivity contribution is 5.74. The molecule has 2 amide bonds. The molecule has 5 nitrogen and oxygen atoms in total. The maximum Gasteiger partial charge on any atom is 0.318 e. The Morgan fingerprint density at radius 1 is 1.07 bits per heavy atom. The van der Waals surface area contributed by atoms with Crippen molar-refractivity contribution < 1.29 is 13.9 Å².